The van der Waals surface area contributed by atoms with E-state index < -0.39 is 0 Å². The first-order valence-corrected chi connectivity index (χ1v) is 9.40. The van der Waals surface area contributed by atoms with Gasteiger partial charge in [-0.05, 0) is 65.5 Å². The summed E-state index contributed by atoms with van der Waals surface area (Å²) in [5.74, 6) is 0.170. The van der Waals surface area contributed by atoms with Crippen LogP contribution in [0.15, 0.2) is 0 Å². The lowest BCUT2D eigenvalue weighted by Gasteiger charge is -2.34. The third-order valence-corrected chi connectivity index (χ3v) is 5.76. The van der Waals surface area contributed by atoms with Crippen LogP contribution in [0.25, 0.3) is 0 Å². The molecule has 0 aromatic rings. The maximum absolute atomic E-state index is 12.8. The van der Waals surface area contributed by atoms with E-state index in [1.54, 1.807) is 0 Å². The van der Waals surface area contributed by atoms with Gasteiger partial charge in [-0.15, -0.1) is 0 Å². The Labute approximate surface area is 140 Å². The summed E-state index contributed by atoms with van der Waals surface area (Å²) >= 11 is 0. The van der Waals surface area contributed by atoms with Crippen molar-refractivity contribution in [3.8, 4) is 0 Å². The highest BCUT2D eigenvalue weighted by Crippen LogP contribution is 2.29. The van der Waals surface area contributed by atoms with Crippen LogP contribution >= 0.6 is 0 Å². The van der Waals surface area contributed by atoms with Crippen LogP contribution < -0.4 is 0 Å². The molecule has 0 N–H and O–H groups in total. The normalized spacial score (nSPS) is 34.0. The summed E-state index contributed by atoms with van der Waals surface area (Å²) in [5.41, 5.74) is 0. The number of amides is 1. The SMILES string of the molecule is CC(OCC1CCCCO1)C(=O)N1CCCC1C1CCCN1C. The van der Waals surface area contributed by atoms with Crippen molar-refractivity contribution in [1.29, 1.82) is 0 Å². The van der Waals surface area contributed by atoms with E-state index in [2.05, 4.69) is 16.8 Å². The van der Waals surface area contributed by atoms with Crippen molar-refractivity contribution in [2.24, 2.45) is 0 Å². The van der Waals surface area contributed by atoms with E-state index in [1.807, 2.05) is 6.92 Å². The molecule has 3 saturated heterocycles. The van der Waals surface area contributed by atoms with Gasteiger partial charge in [0.25, 0.3) is 5.91 Å². The lowest BCUT2D eigenvalue weighted by Crippen LogP contribution is -2.50. The van der Waals surface area contributed by atoms with Crippen molar-refractivity contribution in [3.05, 3.63) is 0 Å². The number of carbonyl (C=O) groups excluding carboxylic acids is 1. The molecule has 3 heterocycles. The van der Waals surface area contributed by atoms with E-state index >= 15 is 0 Å². The van der Waals surface area contributed by atoms with Crippen molar-refractivity contribution in [2.75, 3.05) is 33.4 Å². The first kappa shape index (κ1) is 17.2. The fourth-order valence-corrected chi connectivity index (χ4v) is 4.38. The quantitative estimate of drug-likeness (QED) is 0.776. The van der Waals surface area contributed by atoms with Crippen LogP contribution in [0.2, 0.25) is 0 Å². The highest BCUT2D eigenvalue weighted by molar-refractivity contribution is 5.81. The average Bonchev–Trinajstić information content (AvgIpc) is 3.21. The predicted octanol–water partition coefficient (Wildman–Crippen LogP) is 2.05. The first-order valence-electron chi connectivity index (χ1n) is 9.40. The number of ether oxygens (including phenoxy) is 2. The molecular formula is C18H32N2O3. The summed E-state index contributed by atoms with van der Waals surface area (Å²) in [5, 5.41) is 0. The molecule has 0 spiro atoms. The van der Waals surface area contributed by atoms with Crippen LogP contribution in [-0.2, 0) is 14.3 Å². The van der Waals surface area contributed by atoms with E-state index in [0.29, 0.717) is 18.7 Å². The van der Waals surface area contributed by atoms with Crippen LogP contribution in [0.3, 0.4) is 0 Å². The van der Waals surface area contributed by atoms with E-state index in [1.165, 1.54) is 19.3 Å². The monoisotopic (exact) mass is 324 g/mol. The fraction of sp³-hybridized carbons (Fsp3) is 0.944. The second-order valence-corrected chi connectivity index (χ2v) is 7.40. The van der Waals surface area contributed by atoms with Crippen LogP contribution in [0.1, 0.15) is 51.9 Å². The molecule has 0 aromatic heterocycles. The molecule has 0 bridgehead atoms. The Balaban J connectivity index is 1.51. The molecule has 0 radical (unpaired) electrons. The van der Waals surface area contributed by atoms with Crippen LogP contribution in [0.4, 0.5) is 0 Å². The topological polar surface area (TPSA) is 42.0 Å². The van der Waals surface area contributed by atoms with Gasteiger partial charge in [-0.3, -0.25) is 4.79 Å². The highest BCUT2D eigenvalue weighted by Gasteiger charge is 2.39. The Morgan fingerprint density at radius 3 is 2.61 bits per heavy atom. The number of rotatable bonds is 5. The molecule has 0 aliphatic carbocycles. The zero-order valence-electron chi connectivity index (χ0n) is 14.7. The maximum Gasteiger partial charge on any atom is 0.251 e. The molecule has 3 fully saturated rings. The third kappa shape index (κ3) is 4.06. The zero-order valence-corrected chi connectivity index (χ0v) is 14.7. The number of likely N-dealkylation sites (N-methyl/N-ethyl adjacent to an activating group) is 1. The van der Waals surface area contributed by atoms with Gasteiger partial charge in [0.2, 0.25) is 0 Å². The van der Waals surface area contributed by atoms with Gasteiger partial charge in [0.15, 0.2) is 0 Å². The molecular weight excluding hydrogens is 292 g/mol. The lowest BCUT2D eigenvalue weighted by molar-refractivity contribution is -0.147. The van der Waals surface area contributed by atoms with Gasteiger partial charge >= 0.3 is 0 Å². The molecule has 3 aliphatic rings. The zero-order chi connectivity index (χ0) is 16.2. The Morgan fingerprint density at radius 1 is 1.13 bits per heavy atom. The number of likely N-dealkylation sites (tertiary alicyclic amines) is 2. The van der Waals surface area contributed by atoms with Gasteiger partial charge in [0.1, 0.15) is 6.10 Å². The van der Waals surface area contributed by atoms with Crippen molar-refractivity contribution in [3.63, 3.8) is 0 Å². The molecule has 3 aliphatic heterocycles. The molecule has 5 nitrogen and oxygen atoms in total. The van der Waals surface area contributed by atoms with Gasteiger partial charge in [0.05, 0.1) is 12.7 Å². The van der Waals surface area contributed by atoms with E-state index in [-0.39, 0.29) is 18.1 Å². The van der Waals surface area contributed by atoms with Gasteiger partial charge in [-0.2, -0.15) is 0 Å². The minimum atomic E-state index is -0.354. The van der Waals surface area contributed by atoms with Crippen LogP contribution in [0, 0.1) is 0 Å². The van der Waals surface area contributed by atoms with Gasteiger partial charge in [-0.25, -0.2) is 0 Å². The Kier molecular flexibility index (Phi) is 5.94. The highest BCUT2D eigenvalue weighted by atomic mass is 16.5. The minimum Gasteiger partial charge on any atom is -0.376 e. The second kappa shape index (κ2) is 7.95. The van der Waals surface area contributed by atoms with Crippen molar-refractivity contribution in [2.45, 2.75) is 76.2 Å². The summed E-state index contributed by atoms with van der Waals surface area (Å²) in [6.45, 7) is 5.34. The molecule has 4 atom stereocenters. The molecule has 132 valence electrons. The molecule has 1 amide bonds. The van der Waals surface area contributed by atoms with E-state index in [9.17, 15) is 4.79 Å². The van der Waals surface area contributed by atoms with Crippen LogP contribution in [0.5, 0.6) is 0 Å². The van der Waals surface area contributed by atoms with Crippen molar-refractivity contribution >= 4 is 5.91 Å². The van der Waals surface area contributed by atoms with E-state index in [0.717, 1.165) is 45.4 Å². The summed E-state index contributed by atoms with van der Waals surface area (Å²) in [6.07, 6.45) is 7.97. The summed E-state index contributed by atoms with van der Waals surface area (Å²) < 4.78 is 11.6. The fourth-order valence-electron chi connectivity index (χ4n) is 4.38. The molecule has 23 heavy (non-hydrogen) atoms. The Morgan fingerprint density at radius 2 is 1.91 bits per heavy atom. The van der Waals surface area contributed by atoms with Crippen molar-refractivity contribution < 1.29 is 14.3 Å². The van der Waals surface area contributed by atoms with Crippen molar-refractivity contribution in [1.82, 2.24) is 9.80 Å². The third-order valence-electron chi connectivity index (χ3n) is 5.76. The average molecular weight is 324 g/mol. The number of hydrogen-bond donors (Lipinski definition) is 0. The number of nitrogens with zero attached hydrogens (tertiary/aromatic N) is 2. The predicted molar refractivity (Wildman–Crippen MR) is 89.4 cm³/mol. The largest absolute Gasteiger partial charge is 0.376 e. The van der Waals surface area contributed by atoms with Gasteiger partial charge in [0, 0.05) is 25.2 Å². The van der Waals surface area contributed by atoms with Crippen LogP contribution in [-0.4, -0.2) is 73.3 Å². The molecule has 0 aromatic carbocycles. The Hall–Kier alpha value is -0.650. The summed E-state index contributed by atoms with van der Waals surface area (Å²) in [7, 11) is 2.19. The Bertz CT molecular complexity index is 398. The number of carbonyl (C=O) groups is 1. The molecule has 0 saturated carbocycles. The second-order valence-electron chi connectivity index (χ2n) is 7.40. The molecule has 4 unspecified atom stereocenters. The minimum absolute atomic E-state index is 0.170. The molecule has 5 heteroatoms. The standard InChI is InChI=1S/C18H32N2O3/c1-14(23-13-15-7-3-4-12-22-15)18(21)20-11-6-9-17(20)16-8-5-10-19(16)2/h14-17H,3-13H2,1-2H3. The summed E-state index contributed by atoms with van der Waals surface area (Å²) in [6, 6.07) is 0.919. The number of hydrogen-bond acceptors (Lipinski definition) is 4. The summed E-state index contributed by atoms with van der Waals surface area (Å²) in [4.78, 5) is 17.4. The van der Waals surface area contributed by atoms with Gasteiger partial charge < -0.3 is 19.3 Å². The maximum atomic E-state index is 12.8. The lowest BCUT2D eigenvalue weighted by atomic mass is 10.0. The first-order chi connectivity index (χ1) is 11.2. The van der Waals surface area contributed by atoms with E-state index in [4.69, 9.17) is 9.47 Å². The smallest absolute Gasteiger partial charge is 0.251 e. The van der Waals surface area contributed by atoms with Gasteiger partial charge in [-0.1, -0.05) is 0 Å². The molecule has 3 rings (SSSR count).